The van der Waals surface area contributed by atoms with Crippen LogP contribution in [0.4, 0.5) is 0 Å². The lowest BCUT2D eigenvalue weighted by atomic mass is 9.41. The molecule has 4 unspecified atom stereocenters. The SMILES string of the molecule is CC[C@H]1C(OCOC)C2C3CC[C@H]([C@H](C)CCC(N)=O)[C@@]3(C)CCC2[C@@]2(C)CC[C@@H](C)C[C@@H]12. The van der Waals surface area contributed by atoms with E-state index in [0.717, 1.165) is 30.1 Å². The van der Waals surface area contributed by atoms with Crippen molar-refractivity contribution in [3.05, 3.63) is 0 Å². The fourth-order valence-corrected chi connectivity index (χ4v) is 10.1. The van der Waals surface area contributed by atoms with Gasteiger partial charge in [0, 0.05) is 13.5 Å². The van der Waals surface area contributed by atoms with Gasteiger partial charge in [-0.25, -0.2) is 0 Å². The third-order valence-corrected chi connectivity index (χ3v) is 11.6. The number of carbonyl (C=O) groups is 1. The highest BCUT2D eigenvalue weighted by molar-refractivity contribution is 5.73. The number of nitrogens with two attached hydrogens (primary N) is 1. The average Bonchev–Trinajstić information content (AvgIpc) is 3.13. The van der Waals surface area contributed by atoms with Gasteiger partial charge in [0.05, 0.1) is 6.10 Å². The fraction of sp³-hybridized carbons (Fsp3) is 0.966. The predicted molar refractivity (Wildman–Crippen MR) is 133 cm³/mol. The maximum atomic E-state index is 11.5. The van der Waals surface area contributed by atoms with Gasteiger partial charge in [-0.15, -0.1) is 0 Å². The Balaban J connectivity index is 1.66. The van der Waals surface area contributed by atoms with Crippen molar-refractivity contribution in [2.24, 2.45) is 63.9 Å². The van der Waals surface area contributed by atoms with Gasteiger partial charge in [-0.1, -0.05) is 47.5 Å². The number of primary amides is 1. The first-order valence-corrected chi connectivity index (χ1v) is 14.1. The zero-order valence-corrected chi connectivity index (χ0v) is 22.3. The van der Waals surface area contributed by atoms with Crippen molar-refractivity contribution in [3.8, 4) is 0 Å². The molecular weight excluding hydrogens is 410 g/mol. The number of amides is 1. The Labute approximate surface area is 203 Å². The standard InChI is InChI=1S/C29H51NO3/c1-7-20-24-16-18(2)12-14-29(24,5)23-13-15-28(4)21(19(3)8-11-25(30)31)9-10-22(28)26(23)27(20)33-17-32-6/h18-24,26-27H,7-17H2,1-6H3,(H2,30,31)/t18-,19-,20-,21-,22?,23?,24+,26?,27?,28-,29-/m1/s1. The maximum absolute atomic E-state index is 11.5. The van der Waals surface area contributed by atoms with Crippen molar-refractivity contribution in [2.75, 3.05) is 13.9 Å². The summed E-state index contributed by atoms with van der Waals surface area (Å²) in [5.74, 6) is 5.52. The van der Waals surface area contributed by atoms with E-state index in [1.165, 1.54) is 51.4 Å². The maximum Gasteiger partial charge on any atom is 0.217 e. The second-order valence-electron chi connectivity index (χ2n) is 13.1. The van der Waals surface area contributed by atoms with E-state index in [1.807, 2.05) is 0 Å². The largest absolute Gasteiger partial charge is 0.370 e. The molecule has 33 heavy (non-hydrogen) atoms. The Kier molecular flexibility index (Phi) is 7.57. The first-order chi connectivity index (χ1) is 15.7. The Morgan fingerprint density at radius 2 is 1.76 bits per heavy atom. The molecule has 0 heterocycles. The highest BCUT2D eigenvalue weighted by Gasteiger charge is 2.65. The van der Waals surface area contributed by atoms with Gasteiger partial charge in [0.1, 0.15) is 6.79 Å². The van der Waals surface area contributed by atoms with Crippen LogP contribution in [0.2, 0.25) is 0 Å². The Bertz CT molecular complexity index is 696. The number of fused-ring (bicyclic) bond motifs is 5. The van der Waals surface area contributed by atoms with Crippen LogP contribution in [0.25, 0.3) is 0 Å². The van der Waals surface area contributed by atoms with Crippen molar-refractivity contribution in [2.45, 2.75) is 105 Å². The smallest absolute Gasteiger partial charge is 0.217 e. The first-order valence-electron chi connectivity index (χ1n) is 14.1. The average molecular weight is 462 g/mol. The minimum absolute atomic E-state index is 0.151. The van der Waals surface area contributed by atoms with Gasteiger partial charge in [-0.2, -0.15) is 0 Å². The van der Waals surface area contributed by atoms with Crippen molar-refractivity contribution in [1.29, 1.82) is 0 Å². The van der Waals surface area contributed by atoms with Crippen LogP contribution >= 0.6 is 0 Å². The molecule has 11 atom stereocenters. The highest BCUT2D eigenvalue weighted by Crippen LogP contribution is 2.70. The normalized spacial score (nSPS) is 47.9. The Morgan fingerprint density at radius 1 is 1.06 bits per heavy atom. The van der Waals surface area contributed by atoms with Gasteiger partial charge in [-0.3, -0.25) is 4.79 Å². The third-order valence-electron chi connectivity index (χ3n) is 11.6. The molecule has 0 saturated heterocycles. The van der Waals surface area contributed by atoms with E-state index >= 15 is 0 Å². The molecule has 0 radical (unpaired) electrons. The van der Waals surface area contributed by atoms with Gasteiger partial charge >= 0.3 is 0 Å². The van der Waals surface area contributed by atoms with E-state index < -0.39 is 0 Å². The minimum atomic E-state index is -0.151. The number of rotatable bonds is 8. The topological polar surface area (TPSA) is 61.6 Å². The zero-order valence-electron chi connectivity index (χ0n) is 22.3. The summed E-state index contributed by atoms with van der Waals surface area (Å²) in [6, 6.07) is 0. The molecule has 0 bridgehead atoms. The Hall–Kier alpha value is -0.610. The zero-order chi connectivity index (χ0) is 24.0. The summed E-state index contributed by atoms with van der Waals surface area (Å²) in [4.78, 5) is 11.5. The van der Waals surface area contributed by atoms with E-state index in [-0.39, 0.29) is 5.91 Å². The second-order valence-corrected chi connectivity index (χ2v) is 13.1. The van der Waals surface area contributed by atoms with Crippen LogP contribution in [0.5, 0.6) is 0 Å². The molecule has 0 aliphatic heterocycles. The molecule has 4 rings (SSSR count). The highest BCUT2D eigenvalue weighted by atomic mass is 16.7. The molecule has 0 aromatic rings. The summed E-state index contributed by atoms with van der Waals surface area (Å²) in [7, 11) is 1.77. The van der Waals surface area contributed by atoms with Gasteiger partial charge in [0.25, 0.3) is 0 Å². The van der Waals surface area contributed by atoms with Crippen LogP contribution in [0.1, 0.15) is 98.8 Å². The molecule has 4 nitrogen and oxygen atoms in total. The summed E-state index contributed by atoms with van der Waals surface area (Å²) >= 11 is 0. The minimum Gasteiger partial charge on any atom is -0.370 e. The van der Waals surface area contributed by atoms with Gasteiger partial charge in [0.2, 0.25) is 5.91 Å². The molecule has 4 aliphatic rings. The van der Waals surface area contributed by atoms with Crippen molar-refractivity contribution in [3.63, 3.8) is 0 Å². The summed E-state index contributed by atoms with van der Waals surface area (Å²) in [6.45, 7) is 12.9. The number of ether oxygens (including phenoxy) is 2. The first kappa shape index (κ1) is 25.5. The second kappa shape index (κ2) is 9.80. The number of hydrogen-bond acceptors (Lipinski definition) is 3. The molecular formula is C29H51NO3. The monoisotopic (exact) mass is 461 g/mol. The van der Waals surface area contributed by atoms with Crippen LogP contribution in [-0.4, -0.2) is 25.9 Å². The van der Waals surface area contributed by atoms with E-state index in [4.69, 9.17) is 15.2 Å². The molecule has 0 aromatic carbocycles. The lowest BCUT2D eigenvalue weighted by Gasteiger charge is -2.65. The van der Waals surface area contributed by atoms with Crippen LogP contribution < -0.4 is 5.73 Å². The summed E-state index contributed by atoms with van der Waals surface area (Å²) < 4.78 is 12.2. The lowest BCUT2D eigenvalue weighted by molar-refractivity contribution is -0.231. The van der Waals surface area contributed by atoms with Crippen LogP contribution in [-0.2, 0) is 14.3 Å². The van der Waals surface area contributed by atoms with Crippen molar-refractivity contribution >= 4 is 5.91 Å². The Morgan fingerprint density at radius 3 is 2.42 bits per heavy atom. The van der Waals surface area contributed by atoms with E-state index in [2.05, 4.69) is 34.6 Å². The van der Waals surface area contributed by atoms with Gasteiger partial charge in [0.15, 0.2) is 0 Å². The van der Waals surface area contributed by atoms with Crippen LogP contribution in [0, 0.1) is 58.2 Å². The van der Waals surface area contributed by atoms with Gasteiger partial charge in [-0.05, 0) is 103 Å². The van der Waals surface area contributed by atoms with E-state index in [1.54, 1.807) is 7.11 Å². The molecule has 0 spiro atoms. The molecule has 2 N–H and O–H groups in total. The molecule has 4 saturated carbocycles. The molecule has 1 amide bonds. The quantitative estimate of drug-likeness (QED) is 0.424. The number of carbonyl (C=O) groups excluding carboxylic acids is 1. The summed E-state index contributed by atoms with van der Waals surface area (Å²) in [5.41, 5.74) is 6.32. The van der Waals surface area contributed by atoms with E-state index in [0.29, 0.717) is 53.8 Å². The fourth-order valence-electron chi connectivity index (χ4n) is 10.1. The van der Waals surface area contributed by atoms with Crippen LogP contribution in [0.3, 0.4) is 0 Å². The molecule has 4 heteroatoms. The predicted octanol–water partition coefficient (Wildman–Crippen LogP) is 6.42. The third kappa shape index (κ3) is 4.30. The molecule has 190 valence electrons. The summed E-state index contributed by atoms with van der Waals surface area (Å²) in [5, 5.41) is 0. The molecule has 4 fully saturated rings. The number of hydrogen-bond donors (Lipinski definition) is 1. The lowest BCUT2D eigenvalue weighted by Crippen LogP contribution is -2.62. The van der Waals surface area contributed by atoms with Crippen molar-refractivity contribution < 1.29 is 14.3 Å². The van der Waals surface area contributed by atoms with E-state index in [9.17, 15) is 4.79 Å². The molecule has 4 aliphatic carbocycles. The summed E-state index contributed by atoms with van der Waals surface area (Å²) in [6.07, 6.45) is 12.5. The van der Waals surface area contributed by atoms with Crippen molar-refractivity contribution in [1.82, 2.24) is 0 Å². The van der Waals surface area contributed by atoms with Gasteiger partial charge < -0.3 is 15.2 Å². The molecule has 0 aromatic heterocycles. The number of methoxy groups -OCH3 is 1. The van der Waals surface area contributed by atoms with Crippen LogP contribution in [0.15, 0.2) is 0 Å².